The van der Waals surface area contributed by atoms with Gasteiger partial charge in [0.1, 0.15) is 11.6 Å². The lowest BCUT2D eigenvalue weighted by molar-refractivity contribution is 0.299. The number of rotatable bonds is 6. The van der Waals surface area contributed by atoms with Gasteiger partial charge in [-0.2, -0.15) is 0 Å². The number of nitrogens with one attached hydrogen (secondary N) is 1. The van der Waals surface area contributed by atoms with Gasteiger partial charge in [-0.3, -0.25) is 0 Å². The molecule has 1 N–H and O–H groups in total. The monoisotopic (exact) mass is 323 g/mol. The van der Waals surface area contributed by atoms with Crippen molar-refractivity contribution in [3.05, 3.63) is 48.7 Å². The second-order valence-corrected chi connectivity index (χ2v) is 6.90. The molecule has 0 amide bonds. The highest BCUT2D eigenvalue weighted by Crippen LogP contribution is 2.30. The van der Waals surface area contributed by atoms with E-state index in [0.717, 1.165) is 37.2 Å². The summed E-state index contributed by atoms with van der Waals surface area (Å²) >= 11 is 0. The third kappa shape index (κ3) is 3.99. The van der Waals surface area contributed by atoms with Crippen LogP contribution >= 0.6 is 0 Å². The molecule has 4 heteroatoms. The maximum absolute atomic E-state index is 5.90. The summed E-state index contributed by atoms with van der Waals surface area (Å²) in [5.41, 5.74) is 1.19. The van der Waals surface area contributed by atoms with E-state index >= 15 is 0 Å². The van der Waals surface area contributed by atoms with E-state index in [2.05, 4.69) is 51.6 Å². The lowest BCUT2D eigenvalue weighted by Crippen LogP contribution is -2.42. The number of anilines is 2. The lowest BCUT2D eigenvalue weighted by Gasteiger charge is -2.34. The van der Waals surface area contributed by atoms with Crippen molar-refractivity contribution in [1.29, 1.82) is 0 Å². The first-order chi connectivity index (χ1) is 11.9. The van der Waals surface area contributed by atoms with E-state index in [4.69, 9.17) is 4.74 Å². The highest BCUT2D eigenvalue weighted by Gasteiger charge is 2.23. The van der Waals surface area contributed by atoms with E-state index in [1.807, 2.05) is 12.3 Å². The average Bonchev–Trinajstić information content (AvgIpc) is 3.46. The molecule has 1 aliphatic heterocycles. The Hall–Kier alpha value is -2.23. The minimum absolute atomic E-state index is 0.457. The Morgan fingerprint density at radius 1 is 1.12 bits per heavy atom. The molecule has 0 unspecified atom stereocenters. The Bertz CT molecular complexity index is 657. The van der Waals surface area contributed by atoms with Crippen molar-refractivity contribution in [2.75, 3.05) is 29.9 Å². The molecule has 2 aromatic rings. The van der Waals surface area contributed by atoms with Crippen LogP contribution in [0.5, 0.6) is 5.75 Å². The molecule has 4 rings (SSSR count). The molecule has 2 heterocycles. The van der Waals surface area contributed by atoms with Crippen LogP contribution in [-0.2, 0) is 0 Å². The quantitative estimate of drug-likeness (QED) is 0.873. The van der Waals surface area contributed by atoms with Crippen LogP contribution in [0.1, 0.15) is 25.7 Å². The third-order valence-electron chi connectivity index (χ3n) is 4.79. The van der Waals surface area contributed by atoms with Crippen molar-refractivity contribution in [3.63, 3.8) is 0 Å². The molecular formula is C20H25N3O. The molecule has 126 valence electrons. The van der Waals surface area contributed by atoms with Gasteiger partial charge in [-0.05, 0) is 49.8 Å². The largest absolute Gasteiger partial charge is 0.493 e. The van der Waals surface area contributed by atoms with Crippen molar-refractivity contribution in [3.8, 4) is 5.75 Å². The number of benzene rings is 1. The standard InChI is InChI=1S/C20H25N3O/c1-2-5-17(6-3-1)22-18-7-4-12-23(14-18)20-13-19(10-11-21-20)24-15-16-8-9-16/h1-3,5-6,10-11,13,16,18,22H,4,7-9,12,14-15H2/t18-/m0/s1. The van der Waals surface area contributed by atoms with Gasteiger partial charge in [0.2, 0.25) is 0 Å². The molecule has 2 fully saturated rings. The normalized spacial score (nSPS) is 20.7. The molecule has 1 aromatic carbocycles. The fourth-order valence-corrected chi connectivity index (χ4v) is 3.23. The smallest absolute Gasteiger partial charge is 0.132 e. The first-order valence-corrected chi connectivity index (χ1v) is 9.02. The van der Waals surface area contributed by atoms with Crippen LogP contribution in [0.2, 0.25) is 0 Å². The van der Waals surface area contributed by atoms with Gasteiger partial charge in [0, 0.05) is 37.1 Å². The second kappa shape index (κ2) is 7.12. The molecule has 1 aromatic heterocycles. The van der Waals surface area contributed by atoms with E-state index < -0.39 is 0 Å². The summed E-state index contributed by atoms with van der Waals surface area (Å²) in [6, 6.07) is 15.0. The van der Waals surface area contributed by atoms with E-state index in [-0.39, 0.29) is 0 Å². The molecule has 1 atom stereocenters. The van der Waals surface area contributed by atoms with Crippen LogP contribution in [0.15, 0.2) is 48.7 Å². The summed E-state index contributed by atoms with van der Waals surface area (Å²) in [5, 5.41) is 3.64. The van der Waals surface area contributed by atoms with E-state index in [1.165, 1.54) is 31.4 Å². The Morgan fingerprint density at radius 2 is 2.00 bits per heavy atom. The molecule has 2 aliphatic rings. The average molecular weight is 323 g/mol. The van der Waals surface area contributed by atoms with E-state index in [9.17, 15) is 0 Å². The number of ether oxygens (including phenoxy) is 1. The first kappa shape index (κ1) is 15.3. The van der Waals surface area contributed by atoms with Crippen molar-refractivity contribution >= 4 is 11.5 Å². The molecule has 1 saturated carbocycles. The minimum atomic E-state index is 0.457. The summed E-state index contributed by atoms with van der Waals surface area (Å²) in [5.74, 6) is 2.75. The zero-order valence-electron chi connectivity index (χ0n) is 14.0. The second-order valence-electron chi connectivity index (χ2n) is 6.90. The molecule has 1 aliphatic carbocycles. The summed E-state index contributed by atoms with van der Waals surface area (Å²) < 4.78 is 5.90. The fourth-order valence-electron chi connectivity index (χ4n) is 3.23. The summed E-state index contributed by atoms with van der Waals surface area (Å²) in [6.45, 7) is 2.89. The van der Waals surface area contributed by atoms with Gasteiger partial charge < -0.3 is 15.0 Å². The van der Waals surface area contributed by atoms with Crippen molar-refractivity contribution in [1.82, 2.24) is 4.98 Å². The van der Waals surface area contributed by atoms with Gasteiger partial charge in [0.15, 0.2) is 0 Å². The number of nitrogens with zero attached hydrogens (tertiary/aromatic N) is 2. The Balaban J connectivity index is 1.38. The van der Waals surface area contributed by atoms with Crippen molar-refractivity contribution < 1.29 is 4.74 Å². The van der Waals surface area contributed by atoms with E-state index in [1.54, 1.807) is 0 Å². The number of aromatic nitrogens is 1. The van der Waals surface area contributed by atoms with Gasteiger partial charge in [-0.15, -0.1) is 0 Å². The number of pyridine rings is 1. The first-order valence-electron chi connectivity index (χ1n) is 9.02. The Morgan fingerprint density at radius 3 is 2.83 bits per heavy atom. The summed E-state index contributed by atoms with van der Waals surface area (Å²) in [4.78, 5) is 6.93. The molecule has 4 nitrogen and oxygen atoms in total. The van der Waals surface area contributed by atoms with Crippen LogP contribution in [0.3, 0.4) is 0 Å². The van der Waals surface area contributed by atoms with Crippen LogP contribution in [0.25, 0.3) is 0 Å². The SMILES string of the molecule is c1ccc(N[C@H]2CCCN(c3cc(OCC4CC4)ccn3)C2)cc1. The van der Waals surface area contributed by atoms with Gasteiger partial charge in [-0.25, -0.2) is 4.98 Å². The molecular weight excluding hydrogens is 298 g/mol. The number of hydrogen-bond donors (Lipinski definition) is 1. The highest BCUT2D eigenvalue weighted by molar-refractivity contribution is 5.47. The Labute approximate surface area is 143 Å². The van der Waals surface area contributed by atoms with Crippen LogP contribution < -0.4 is 15.0 Å². The number of para-hydroxylation sites is 1. The third-order valence-corrected chi connectivity index (χ3v) is 4.79. The van der Waals surface area contributed by atoms with Crippen LogP contribution in [-0.4, -0.2) is 30.7 Å². The zero-order chi connectivity index (χ0) is 16.2. The maximum atomic E-state index is 5.90. The summed E-state index contributed by atoms with van der Waals surface area (Å²) in [6.07, 6.45) is 6.88. The minimum Gasteiger partial charge on any atom is -0.493 e. The summed E-state index contributed by atoms with van der Waals surface area (Å²) in [7, 11) is 0. The highest BCUT2D eigenvalue weighted by atomic mass is 16.5. The predicted octanol–water partition coefficient (Wildman–Crippen LogP) is 3.95. The maximum Gasteiger partial charge on any atom is 0.132 e. The molecule has 0 radical (unpaired) electrons. The zero-order valence-corrected chi connectivity index (χ0v) is 14.0. The number of hydrogen-bond acceptors (Lipinski definition) is 4. The van der Waals surface area contributed by atoms with Gasteiger partial charge in [-0.1, -0.05) is 18.2 Å². The fraction of sp³-hybridized carbons (Fsp3) is 0.450. The molecule has 0 spiro atoms. The van der Waals surface area contributed by atoms with Gasteiger partial charge in [0.05, 0.1) is 6.61 Å². The van der Waals surface area contributed by atoms with Gasteiger partial charge >= 0.3 is 0 Å². The molecule has 1 saturated heterocycles. The Kier molecular flexibility index (Phi) is 4.54. The predicted molar refractivity (Wildman–Crippen MR) is 97.8 cm³/mol. The van der Waals surface area contributed by atoms with Gasteiger partial charge in [0.25, 0.3) is 0 Å². The lowest BCUT2D eigenvalue weighted by atomic mass is 10.1. The van der Waals surface area contributed by atoms with E-state index in [0.29, 0.717) is 6.04 Å². The van der Waals surface area contributed by atoms with Crippen LogP contribution in [0.4, 0.5) is 11.5 Å². The molecule has 24 heavy (non-hydrogen) atoms. The van der Waals surface area contributed by atoms with Crippen molar-refractivity contribution in [2.45, 2.75) is 31.7 Å². The molecule has 0 bridgehead atoms. The topological polar surface area (TPSA) is 37.4 Å². The van der Waals surface area contributed by atoms with Crippen LogP contribution in [0, 0.1) is 5.92 Å². The number of piperidine rings is 1. The van der Waals surface area contributed by atoms with Crippen molar-refractivity contribution in [2.24, 2.45) is 5.92 Å².